The fourth-order valence-corrected chi connectivity index (χ4v) is 5.91. The minimum Gasteiger partial charge on any atom is -0.460 e. The molecule has 1 saturated carbocycles. The number of pyridine rings is 1. The van der Waals surface area contributed by atoms with Crippen LogP contribution >= 0.6 is 0 Å². The van der Waals surface area contributed by atoms with Gasteiger partial charge in [-0.1, -0.05) is 52.0 Å². The maximum atomic E-state index is 13.7. The number of halogens is 1. The first-order valence-electron chi connectivity index (χ1n) is 15.7. The summed E-state index contributed by atoms with van der Waals surface area (Å²) >= 11 is 0. The minimum atomic E-state index is -0.637. The van der Waals surface area contributed by atoms with Gasteiger partial charge in [-0.05, 0) is 62.4 Å². The summed E-state index contributed by atoms with van der Waals surface area (Å²) in [5, 5.41) is 9.90. The van der Waals surface area contributed by atoms with Gasteiger partial charge in [0.25, 0.3) is 0 Å². The van der Waals surface area contributed by atoms with Crippen molar-refractivity contribution in [1.29, 1.82) is 0 Å². The van der Waals surface area contributed by atoms with Crippen LogP contribution in [-0.2, 0) is 14.3 Å². The van der Waals surface area contributed by atoms with Gasteiger partial charge in [-0.3, -0.25) is 14.9 Å². The van der Waals surface area contributed by atoms with E-state index in [1.165, 1.54) is 12.1 Å². The number of ether oxygens (including phenoxy) is 2. The van der Waals surface area contributed by atoms with E-state index in [0.29, 0.717) is 35.5 Å². The molecule has 5 rings (SSSR count). The van der Waals surface area contributed by atoms with E-state index >= 15 is 0 Å². The second-order valence-corrected chi connectivity index (χ2v) is 14.9. The number of hydrogen-bond acceptors (Lipinski definition) is 8. The van der Waals surface area contributed by atoms with Crippen LogP contribution in [0.15, 0.2) is 53.7 Å². The molecule has 0 bridgehead atoms. The third-order valence-corrected chi connectivity index (χ3v) is 8.07. The molecule has 1 fully saturated rings. The molecule has 3 aromatic rings. The van der Waals surface area contributed by atoms with E-state index in [1.54, 1.807) is 33.0 Å². The number of alkyl carbamates (subject to hydrolysis) is 1. The van der Waals surface area contributed by atoms with Crippen LogP contribution < -0.4 is 5.32 Å². The zero-order valence-electron chi connectivity index (χ0n) is 27.9. The van der Waals surface area contributed by atoms with E-state index in [9.17, 15) is 18.8 Å². The Labute approximate surface area is 274 Å². The van der Waals surface area contributed by atoms with Crippen molar-refractivity contribution in [3.8, 4) is 11.1 Å². The summed E-state index contributed by atoms with van der Waals surface area (Å²) < 4.78 is 24.8. The molecule has 0 radical (unpaired) electrons. The molecule has 2 aromatic heterocycles. The molecule has 3 heterocycles. The lowest BCUT2D eigenvalue weighted by Crippen LogP contribution is -2.42. The summed E-state index contributed by atoms with van der Waals surface area (Å²) in [6.45, 7) is 13.4. The normalized spacial score (nSPS) is 19.1. The smallest absolute Gasteiger partial charge is 0.407 e. The van der Waals surface area contributed by atoms with Gasteiger partial charge in [-0.2, -0.15) is 5.10 Å². The van der Waals surface area contributed by atoms with Gasteiger partial charge >= 0.3 is 12.1 Å². The number of H-pyrrole nitrogens is 1. The minimum absolute atomic E-state index is 0.00256. The first-order valence-corrected chi connectivity index (χ1v) is 15.7. The largest absolute Gasteiger partial charge is 0.460 e. The topological polar surface area (TPSA) is 136 Å². The average Bonchev–Trinajstić information content (AvgIpc) is 3.40. The lowest BCUT2D eigenvalue weighted by molar-refractivity contribution is -0.124. The molecule has 47 heavy (non-hydrogen) atoms. The Morgan fingerprint density at radius 1 is 1.11 bits per heavy atom. The molecule has 2 N–H and O–H groups in total. The zero-order valence-corrected chi connectivity index (χ0v) is 27.9. The fraction of sp³-hybridized carbons (Fsp3) is 0.444. The molecule has 1 aromatic carbocycles. The summed E-state index contributed by atoms with van der Waals surface area (Å²) in [5.41, 5.74) is 1.99. The number of ketones is 1. The number of rotatable bonds is 8. The van der Waals surface area contributed by atoms with Crippen molar-refractivity contribution >= 4 is 35.5 Å². The number of Topliss-reactive ketones (excluding diaryl/α,β-unsaturated/α-hetero) is 1. The third-order valence-electron chi connectivity index (χ3n) is 8.07. The summed E-state index contributed by atoms with van der Waals surface area (Å²) in [7, 11) is 0. The molecule has 2 aliphatic rings. The monoisotopic (exact) mass is 643 g/mol. The standard InChI is InChI=1S/C36H42FN5O5/c1-34(2,3)47-33(45)39-19-36(6,7)20-46-32(44)30-29-25(28-26(40-31(29)42-41-30)16-35(4,5)17-27(28)43)14-13-24-12-11-22(18-38-24)21-9-8-10-23(37)15-21/h8-15,18,25,28H,16-17,19-20H2,1-7H3,(H,39,45)(H,41,42)/b14-13+. The van der Waals surface area contributed by atoms with Crippen molar-refractivity contribution in [2.24, 2.45) is 21.7 Å². The van der Waals surface area contributed by atoms with Gasteiger partial charge in [-0.25, -0.2) is 19.0 Å². The van der Waals surface area contributed by atoms with Crippen LogP contribution in [0.3, 0.4) is 0 Å². The van der Waals surface area contributed by atoms with Crippen molar-refractivity contribution in [3.63, 3.8) is 0 Å². The highest BCUT2D eigenvalue weighted by atomic mass is 19.1. The number of amides is 1. The van der Waals surface area contributed by atoms with E-state index in [0.717, 1.165) is 11.3 Å². The number of aromatic nitrogens is 3. The van der Waals surface area contributed by atoms with Crippen molar-refractivity contribution in [2.75, 3.05) is 13.2 Å². The number of hydrogen-bond donors (Lipinski definition) is 2. The van der Waals surface area contributed by atoms with Gasteiger partial charge in [-0.15, -0.1) is 0 Å². The molecule has 11 heteroatoms. The third kappa shape index (κ3) is 8.19. The summed E-state index contributed by atoms with van der Waals surface area (Å²) in [6, 6.07) is 9.98. The number of carbonyl (C=O) groups excluding carboxylic acids is 3. The molecule has 1 aliphatic carbocycles. The molecule has 1 aliphatic heterocycles. The highest BCUT2D eigenvalue weighted by Crippen LogP contribution is 2.47. The highest BCUT2D eigenvalue weighted by Gasteiger charge is 2.46. The SMILES string of the molecule is CC(C)(CNC(=O)OC(C)(C)C)COC(=O)c1[nH]nc2c1C(/C=C/c1ccc(-c3cccc(F)c3)cn1)C1C(=O)CC(C)(C)CC1=N2. The molecule has 2 atom stereocenters. The van der Waals surface area contributed by atoms with Gasteiger partial charge in [0, 0.05) is 47.3 Å². The van der Waals surface area contributed by atoms with Crippen LogP contribution in [0.4, 0.5) is 15.0 Å². The van der Waals surface area contributed by atoms with Gasteiger partial charge < -0.3 is 14.8 Å². The Morgan fingerprint density at radius 2 is 1.87 bits per heavy atom. The Morgan fingerprint density at radius 3 is 2.55 bits per heavy atom. The van der Waals surface area contributed by atoms with Crippen molar-refractivity contribution < 1.29 is 28.2 Å². The number of fused-ring (bicyclic) bond motifs is 2. The number of aromatic amines is 1. The second kappa shape index (κ2) is 12.8. The number of aliphatic imine (C=N–C) groups is 1. The molecule has 1 amide bonds. The van der Waals surface area contributed by atoms with Crippen LogP contribution in [0.1, 0.15) is 89.0 Å². The second-order valence-electron chi connectivity index (χ2n) is 14.9. The molecule has 0 saturated heterocycles. The zero-order chi connectivity index (χ0) is 34.1. The van der Waals surface area contributed by atoms with Gasteiger partial charge in [0.15, 0.2) is 5.82 Å². The first-order chi connectivity index (χ1) is 22.0. The molecule has 10 nitrogen and oxygen atoms in total. The Bertz CT molecular complexity index is 1730. The summed E-state index contributed by atoms with van der Waals surface area (Å²) in [6.07, 6.45) is 5.81. The van der Waals surface area contributed by atoms with Crippen molar-refractivity contribution in [2.45, 2.75) is 72.8 Å². The highest BCUT2D eigenvalue weighted by molar-refractivity contribution is 6.11. The van der Waals surface area contributed by atoms with E-state index in [-0.39, 0.29) is 35.9 Å². The van der Waals surface area contributed by atoms with E-state index in [1.807, 2.05) is 58.0 Å². The number of esters is 1. The van der Waals surface area contributed by atoms with E-state index in [2.05, 4.69) is 20.5 Å². The van der Waals surface area contributed by atoms with Crippen LogP contribution in [0.2, 0.25) is 0 Å². The molecular formula is C36H42FN5O5. The summed E-state index contributed by atoms with van der Waals surface area (Å²) in [4.78, 5) is 48.6. The number of nitrogens with zero attached hydrogens (tertiary/aromatic N) is 3. The maximum Gasteiger partial charge on any atom is 0.407 e. The number of benzene rings is 1. The van der Waals surface area contributed by atoms with Crippen LogP contribution in [-0.4, -0.2) is 57.5 Å². The molecule has 2 unspecified atom stereocenters. The van der Waals surface area contributed by atoms with Gasteiger partial charge in [0.1, 0.15) is 22.9 Å². The van der Waals surface area contributed by atoms with E-state index in [4.69, 9.17) is 14.5 Å². The fourth-order valence-electron chi connectivity index (χ4n) is 5.91. The Hall–Kier alpha value is -4.67. The quantitative estimate of drug-likeness (QED) is 0.248. The van der Waals surface area contributed by atoms with Gasteiger partial charge in [0.2, 0.25) is 0 Å². The number of carbonyl (C=O) groups is 3. The number of allylic oxidation sites excluding steroid dienone is 1. The Balaban J connectivity index is 1.38. The lowest BCUT2D eigenvalue weighted by atomic mass is 9.65. The maximum absolute atomic E-state index is 13.7. The lowest BCUT2D eigenvalue weighted by Gasteiger charge is -2.39. The Kier molecular flexibility index (Phi) is 9.21. The van der Waals surface area contributed by atoms with Crippen LogP contribution in [0.25, 0.3) is 17.2 Å². The van der Waals surface area contributed by atoms with E-state index < -0.39 is 34.9 Å². The average molecular weight is 644 g/mol. The molecule has 0 spiro atoms. The van der Waals surface area contributed by atoms with Crippen molar-refractivity contribution in [1.82, 2.24) is 20.5 Å². The molecule has 248 valence electrons. The number of nitrogens with one attached hydrogen (secondary N) is 2. The van der Waals surface area contributed by atoms with Crippen molar-refractivity contribution in [3.05, 3.63) is 71.4 Å². The summed E-state index contributed by atoms with van der Waals surface area (Å²) in [5.74, 6) is -1.66. The van der Waals surface area contributed by atoms with Gasteiger partial charge in [0.05, 0.1) is 18.2 Å². The van der Waals surface area contributed by atoms with Crippen LogP contribution in [0.5, 0.6) is 0 Å². The predicted molar refractivity (Wildman–Crippen MR) is 177 cm³/mol. The van der Waals surface area contributed by atoms with Crippen LogP contribution in [0, 0.1) is 22.6 Å². The first kappa shape index (κ1) is 33.7. The predicted octanol–water partition coefficient (Wildman–Crippen LogP) is 7.21. The molecular weight excluding hydrogens is 601 g/mol.